The Bertz CT molecular complexity index is 1770. The van der Waals surface area contributed by atoms with Crippen molar-refractivity contribution in [2.45, 2.75) is 116 Å². The first kappa shape index (κ1) is 42.6. The third-order valence-corrected chi connectivity index (χ3v) is 9.63. The lowest BCUT2D eigenvalue weighted by Crippen LogP contribution is -2.57. The molecule has 0 aromatic carbocycles. The van der Waals surface area contributed by atoms with E-state index in [2.05, 4.69) is 31.1 Å². The summed E-state index contributed by atoms with van der Waals surface area (Å²) in [4.78, 5) is 71.9. The lowest BCUT2D eigenvalue weighted by molar-refractivity contribution is -0.160. The molecule has 4 rings (SSSR count). The fraction of sp³-hybridized carbons (Fsp3) is 0.579. The zero-order chi connectivity index (χ0) is 40.7. The van der Waals surface area contributed by atoms with Crippen LogP contribution < -0.4 is 16.0 Å². The molecule has 1 aliphatic carbocycles. The van der Waals surface area contributed by atoms with Gasteiger partial charge in [-0.25, -0.2) is 4.98 Å². The number of allylic oxidation sites excluding steroid dienone is 4. The van der Waals surface area contributed by atoms with E-state index in [1.165, 1.54) is 35.4 Å². The summed E-state index contributed by atoms with van der Waals surface area (Å²) in [5.74, 6) is -5.31. The number of carbonyl (C=O) groups is 5. The second-order valence-corrected chi connectivity index (χ2v) is 15.3. The number of halogens is 3. The normalized spacial score (nSPS) is 18.5. The Morgan fingerprint density at radius 1 is 1.00 bits per heavy atom. The smallest absolute Gasteiger partial charge is 0.395 e. The van der Waals surface area contributed by atoms with Crippen molar-refractivity contribution >= 4 is 35.0 Å². The molecule has 4 N–H and O–H groups in total. The Hall–Kier alpha value is -5.09. The van der Waals surface area contributed by atoms with Gasteiger partial charge in [0.25, 0.3) is 11.8 Å². The quantitative estimate of drug-likeness (QED) is 0.134. The van der Waals surface area contributed by atoms with E-state index in [0.29, 0.717) is 32.1 Å². The summed E-state index contributed by atoms with van der Waals surface area (Å²) in [7, 11) is 0. The molecule has 2 aromatic heterocycles. The van der Waals surface area contributed by atoms with E-state index in [1.807, 2.05) is 13.8 Å². The van der Waals surface area contributed by atoms with Crippen molar-refractivity contribution in [3.63, 3.8) is 0 Å². The van der Waals surface area contributed by atoms with Gasteiger partial charge in [-0.15, -0.1) is 10.2 Å². The van der Waals surface area contributed by atoms with Gasteiger partial charge in [0.05, 0.1) is 18.2 Å². The minimum absolute atomic E-state index is 0.0469. The second kappa shape index (κ2) is 18.0. The molecule has 0 bridgehead atoms. The number of likely N-dealkylation sites (tertiary alicyclic amines) is 1. The number of carbonyl (C=O) groups excluding carboxylic acids is 5. The zero-order valence-corrected chi connectivity index (χ0v) is 31.9. The van der Waals surface area contributed by atoms with Crippen molar-refractivity contribution in [1.82, 2.24) is 36.0 Å². The first-order valence-electron chi connectivity index (χ1n) is 18.5. The predicted molar refractivity (Wildman–Crippen MR) is 194 cm³/mol. The lowest BCUT2D eigenvalue weighted by atomic mass is 9.96. The summed E-state index contributed by atoms with van der Waals surface area (Å²) < 4.78 is 44.7. The number of alkyl halides is 3. The third kappa shape index (κ3) is 11.5. The number of unbranched alkanes of at least 4 members (excludes halogenated alkanes) is 1. The van der Waals surface area contributed by atoms with Crippen LogP contribution in [-0.2, 0) is 14.4 Å². The van der Waals surface area contributed by atoms with Crippen LogP contribution in [0, 0.1) is 17.8 Å². The van der Waals surface area contributed by atoms with Crippen molar-refractivity contribution in [3.8, 4) is 5.75 Å². The number of hydrogen-bond acceptors (Lipinski definition) is 10. The summed E-state index contributed by atoms with van der Waals surface area (Å²) in [6.07, 6.45) is 2.69. The van der Waals surface area contributed by atoms with Crippen LogP contribution in [-0.4, -0.2) is 91.0 Å². The van der Waals surface area contributed by atoms with Gasteiger partial charge in [0.15, 0.2) is 0 Å². The van der Waals surface area contributed by atoms with Crippen molar-refractivity contribution in [2.75, 3.05) is 6.54 Å². The first-order valence-corrected chi connectivity index (χ1v) is 18.5. The van der Waals surface area contributed by atoms with E-state index in [0.717, 1.165) is 6.08 Å². The molecule has 300 valence electrons. The van der Waals surface area contributed by atoms with Crippen LogP contribution >= 0.6 is 0 Å². The van der Waals surface area contributed by atoms with Gasteiger partial charge < -0.3 is 30.4 Å². The number of amides is 4. The highest BCUT2D eigenvalue weighted by Gasteiger charge is 2.41. The van der Waals surface area contributed by atoms with Crippen molar-refractivity contribution < 1.29 is 46.7 Å². The number of aromatic hydroxyl groups is 1. The fourth-order valence-corrected chi connectivity index (χ4v) is 6.43. The summed E-state index contributed by atoms with van der Waals surface area (Å²) in [6, 6.07) is -0.103. The monoisotopic (exact) mass is 773 g/mol. The van der Waals surface area contributed by atoms with Gasteiger partial charge in [-0.2, -0.15) is 13.2 Å². The second-order valence-electron chi connectivity index (χ2n) is 15.3. The van der Waals surface area contributed by atoms with E-state index in [9.17, 15) is 42.3 Å². The number of aromatic nitrogens is 3. The number of nitrogens with one attached hydrogen (secondary N) is 3. The van der Waals surface area contributed by atoms with Crippen molar-refractivity contribution in [3.05, 3.63) is 54.0 Å². The topological polar surface area (TPSA) is 197 Å². The van der Waals surface area contributed by atoms with E-state index in [4.69, 9.17) is 4.42 Å². The van der Waals surface area contributed by atoms with Crippen LogP contribution in [0.2, 0.25) is 0 Å². The summed E-state index contributed by atoms with van der Waals surface area (Å²) >= 11 is 0. The molecule has 1 saturated heterocycles. The van der Waals surface area contributed by atoms with E-state index in [1.54, 1.807) is 27.7 Å². The third-order valence-electron chi connectivity index (χ3n) is 9.63. The van der Waals surface area contributed by atoms with E-state index >= 15 is 0 Å². The molecule has 0 spiro atoms. The summed E-state index contributed by atoms with van der Waals surface area (Å²) in [5, 5.41) is 25.5. The molecule has 55 heavy (non-hydrogen) atoms. The van der Waals surface area contributed by atoms with Gasteiger partial charge in [-0.05, 0) is 69.9 Å². The van der Waals surface area contributed by atoms with Crippen LogP contribution in [0.5, 0.6) is 5.75 Å². The molecule has 3 unspecified atom stereocenters. The number of rotatable bonds is 16. The lowest BCUT2D eigenvalue weighted by Gasteiger charge is -2.31. The molecular formula is C38H50F3N7O7. The highest BCUT2D eigenvalue weighted by Crippen LogP contribution is 2.35. The van der Waals surface area contributed by atoms with Gasteiger partial charge in [-0.1, -0.05) is 52.3 Å². The van der Waals surface area contributed by atoms with E-state index < -0.39 is 65.2 Å². The van der Waals surface area contributed by atoms with Gasteiger partial charge in [-0.3, -0.25) is 24.0 Å². The highest BCUT2D eigenvalue weighted by molar-refractivity contribution is 6.00. The number of pyridine rings is 1. The Labute approximate surface area is 317 Å². The molecular weight excluding hydrogens is 723 g/mol. The van der Waals surface area contributed by atoms with Crippen molar-refractivity contribution in [2.24, 2.45) is 17.8 Å². The fourth-order valence-electron chi connectivity index (χ4n) is 6.43. The van der Waals surface area contributed by atoms with E-state index in [-0.39, 0.29) is 60.0 Å². The average Bonchev–Trinajstić information content (AvgIpc) is 3.82. The molecule has 4 amide bonds. The Balaban J connectivity index is 1.30. The maximum Gasteiger partial charge on any atom is 0.395 e. The number of nitrogens with zero attached hydrogens (tertiary/aromatic N) is 4. The molecule has 14 nitrogen and oxygen atoms in total. The van der Waals surface area contributed by atoms with Crippen LogP contribution in [0.3, 0.4) is 0 Å². The van der Waals surface area contributed by atoms with Gasteiger partial charge in [0.1, 0.15) is 23.5 Å². The van der Waals surface area contributed by atoms with Gasteiger partial charge in [0.2, 0.25) is 29.4 Å². The Morgan fingerprint density at radius 2 is 1.71 bits per heavy atom. The number of Topliss-reactive ketones (excluding diaryl/α,β-unsaturated/α-hetero) is 1. The molecule has 1 fully saturated rings. The minimum atomic E-state index is -4.39. The SMILES string of the molecule is CC(C)C(NC(=O)[C@@H]1CCCN1C(=O)C(NC(=O)CCCCC(C)(C)NC(=O)c1ccc(O)cn1)C(C)C)C(=O)c1nnc(C2=CCC(C(F)(F)F)C=C2)o1. The van der Waals surface area contributed by atoms with Gasteiger partial charge >= 0.3 is 6.18 Å². The zero-order valence-electron chi connectivity index (χ0n) is 31.9. The maximum absolute atomic E-state index is 13.8. The molecule has 2 aromatic rings. The number of ketones is 1. The molecule has 1 aliphatic heterocycles. The van der Waals surface area contributed by atoms with Crippen LogP contribution in [0.4, 0.5) is 13.2 Å². The standard InChI is InChI=1S/C38H50F3N7O7/c1-21(2)29(31(51)35-47-46-34(55-35)23-12-14-24(15-13-23)38(39,40)41)44-33(53)27-10-9-19-48(27)36(54)30(22(3)4)43-28(50)11-7-8-18-37(5,6)45-32(52)26-17-16-25(49)20-42-26/h12-14,16-17,20-22,24,27,29-30,49H,7-11,15,18-19H2,1-6H3,(H,43,50)(H,44,53)(H,45,52)/t24?,27-,29?,30?/m0/s1. The molecule has 0 saturated carbocycles. The molecule has 0 radical (unpaired) electrons. The summed E-state index contributed by atoms with van der Waals surface area (Å²) in [6.45, 7) is 11.0. The number of hydrogen-bond donors (Lipinski definition) is 4. The Kier molecular flexibility index (Phi) is 14.0. The molecule has 3 heterocycles. The maximum atomic E-state index is 13.8. The van der Waals surface area contributed by atoms with Crippen molar-refractivity contribution in [1.29, 1.82) is 0 Å². The van der Waals surface area contributed by atoms with Gasteiger partial charge in [0, 0.05) is 24.1 Å². The highest BCUT2D eigenvalue weighted by atomic mass is 19.4. The van der Waals surface area contributed by atoms with Crippen LogP contribution in [0.15, 0.2) is 41.0 Å². The first-order chi connectivity index (χ1) is 25.8. The average molecular weight is 774 g/mol. The largest absolute Gasteiger partial charge is 0.506 e. The molecule has 17 heteroatoms. The van der Waals surface area contributed by atoms with Crippen LogP contribution in [0.1, 0.15) is 114 Å². The summed E-state index contributed by atoms with van der Waals surface area (Å²) in [5.41, 5.74) is -0.180. The van der Waals surface area contributed by atoms with Crippen LogP contribution in [0.25, 0.3) is 5.57 Å². The molecule has 2 aliphatic rings. The minimum Gasteiger partial charge on any atom is -0.506 e. The predicted octanol–water partition coefficient (Wildman–Crippen LogP) is 4.92. The molecule has 4 atom stereocenters. The Morgan fingerprint density at radius 3 is 2.31 bits per heavy atom.